The zero-order valence-corrected chi connectivity index (χ0v) is 17.9. The number of hydrogen-bond donors (Lipinski definition) is 1. The van der Waals surface area contributed by atoms with Gasteiger partial charge in [-0.15, -0.1) is 11.3 Å². The lowest BCUT2D eigenvalue weighted by Crippen LogP contribution is -2.24. The number of carbonyl (C=O) groups excluding carboxylic acids is 2. The van der Waals surface area contributed by atoms with Crippen LogP contribution < -0.4 is 10.2 Å². The summed E-state index contributed by atoms with van der Waals surface area (Å²) in [7, 11) is 0. The number of halogens is 2. The Bertz CT molecular complexity index is 1270. The van der Waals surface area contributed by atoms with E-state index in [0.29, 0.717) is 17.2 Å². The summed E-state index contributed by atoms with van der Waals surface area (Å²) in [5.74, 6) is -0.875. The highest BCUT2D eigenvalue weighted by atomic mass is 35.5. The number of rotatable bonds is 5. The minimum absolute atomic E-state index is 0.124. The Morgan fingerprint density at radius 3 is 2.77 bits per heavy atom. The third kappa shape index (κ3) is 4.55. The second kappa shape index (κ2) is 8.79. The molecule has 4 aromatic rings. The largest absolute Gasteiger partial charge is 0.326 e. The van der Waals surface area contributed by atoms with Gasteiger partial charge in [-0.3, -0.25) is 14.5 Å². The number of nitrogens with one attached hydrogen (secondary N) is 1. The molecular formula is C22H16ClFN4O2S. The number of amides is 2. The van der Waals surface area contributed by atoms with Crippen LogP contribution in [-0.4, -0.2) is 21.8 Å². The Morgan fingerprint density at radius 2 is 2.00 bits per heavy atom. The van der Waals surface area contributed by atoms with Crippen LogP contribution >= 0.6 is 22.9 Å². The Hall–Kier alpha value is -3.36. The number of nitrogens with zero attached hydrogens (tertiary/aromatic N) is 3. The minimum Gasteiger partial charge on any atom is -0.326 e. The van der Waals surface area contributed by atoms with Gasteiger partial charge in [-0.05, 0) is 36.4 Å². The van der Waals surface area contributed by atoms with E-state index in [0.717, 1.165) is 10.2 Å². The first kappa shape index (κ1) is 20.9. The number of hydrogen-bond acceptors (Lipinski definition) is 5. The second-order valence-electron chi connectivity index (χ2n) is 6.69. The maximum absolute atomic E-state index is 14.0. The Balaban J connectivity index is 1.58. The van der Waals surface area contributed by atoms with Gasteiger partial charge < -0.3 is 5.32 Å². The lowest BCUT2D eigenvalue weighted by molar-refractivity contribution is -0.116. The molecule has 2 aromatic heterocycles. The number of anilines is 3. The molecule has 31 heavy (non-hydrogen) atoms. The van der Waals surface area contributed by atoms with Crippen molar-refractivity contribution in [2.24, 2.45) is 0 Å². The van der Waals surface area contributed by atoms with Crippen LogP contribution in [0.15, 0.2) is 60.2 Å². The lowest BCUT2D eigenvalue weighted by Gasteiger charge is -2.21. The fraction of sp³-hybridized carbons (Fsp3) is 0.0909. The van der Waals surface area contributed by atoms with Crippen molar-refractivity contribution >= 4 is 62.2 Å². The van der Waals surface area contributed by atoms with E-state index in [9.17, 15) is 14.0 Å². The van der Waals surface area contributed by atoms with Gasteiger partial charge in [-0.1, -0.05) is 17.7 Å². The minimum atomic E-state index is -0.542. The van der Waals surface area contributed by atoms with Gasteiger partial charge in [0, 0.05) is 35.5 Å². The molecule has 156 valence electrons. The van der Waals surface area contributed by atoms with Gasteiger partial charge in [0.1, 0.15) is 11.6 Å². The van der Waals surface area contributed by atoms with E-state index in [-0.39, 0.29) is 22.9 Å². The first-order valence-electron chi connectivity index (χ1n) is 9.25. The molecule has 9 heteroatoms. The molecule has 0 radical (unpaired) electrons. The van der Waals surface area contributed by atoms with Crippen LogP contribution in [0.1, 0.15) is 12.5 Å². The van der Waals surface area contributed by atoms with Gasteiger partial charge >= 0.3 is 0 Å². The van der Waals surface area contributed by atoms with Crippen LogP contribution in [0.2, 0.25) is 5.02 Å². The van der Waals surface area contributed by atoms with E-state index in [2.05, 4.69) is 15.3 Å². The van der Waals surface area contributed by atoms with Crippen molar-refractivity contribution in [2.75, 3.05) is 10.2 Å². The van der Waals surface area contributed by atoms with Crippen molar-refractivity contribution in [1.82, 2.24) is 9.97 Å². The topological polar surface area (TPSA) is 75.2 Å². The van der Waals surface area contributed by atoms with Crippen molar-refractivity contribution < 1.29 is 14.0 Å². The van der Waals surface area contributed by atoms with E-state index in [1.165, 1.54) is 47.6 Å². The Morgan fingerprint density at radius 1 is 1.16 bits per heavy atom. The summed E-state index contributed by atoms with van der Waals surface area (Å²) in [6, 6.07) is 12.9. The summed E-state index contributed by atoms with van der Waals surface area (Å²) >= 11 is 7.47. The normalized spacial score (nSPS) is 10.8. The third-order valence-electron chi connectivity index (χ3n) is 4.55. The number of carbonyl (C=O) groups is 2. The SMILES string of the molecule is CC(=O)N(c1ccc2ncsc2c1)c1cc(NC(=O)Cc2c(F)cccc2Cl)ccn1. The monoisotopic (exact) mass is 454 g/mol. The summed E-state index contributed by atoms with van der Waals surface area (Å²) in [5, 5.41) is 2.89. The van der Waals surface area contributed by atoms with Gasteiger partial charge in [0.15, 0.2) is 0 Å². The molecule has 0 aliphatic heterocycles. The predicted octanol–water partition coefficient (Wildman–Crippen LogP) is 5.35. The average molecular weight is 455 g/mol. The van der Waals surface area contributed by atoms with Gasteiger partial charge in [0.25, 0.3) is 0 Å². The van der Waals surface area contributed by atoms with Crippen LogP contribution in [0.25, 0.3) is 10.2 Å². The number of thiazole rings is 1. The van der Waals surface area contributed by atoms with E-state index in [4.69, 9.17) is 11.6 Å². The zero-order valence-electron chi connectivity index (χ0n) is 16.3. The fourth-order valence-corrected chi connectivity index (χ4v) is 4.08. The molecule has 0 unspecified atom stereocenters. The molecule has 0 atom stereocenters. The zero-order chi connectivity index (χ0) is 22.0. The molecule has 1 N–H and O–H groups in total. The van der Waals surface area contributed by atoms with Crippen LogP contribution in [0.4, 0.5) is 21.6 Å². The maximum Gasteiger partial charge on any atom is 0.229 e. The maximum atomic E-state index is 14.0. The molecule has 0 fully saturated rings. The first-order chi connectivity index (χ1) is 14.9. The number of pyridine rings is 1. The first-order valence-corrected chi connectivity index (χ1v) is 10.5. The predicted molar refractivity (Wildman–Crippen MR) is 120 cm³/mol. The van der Waals surface area contributed by atoms with Gasteiger partial charge in [0.2, 0.25) is 11.8 Å². The van der Waals surface area contributed by atoms with E-state index in [1.54, 1.807) is 23.7 Å². The molecule has 6 nitrogen and oxygen atoms in total. The van der Waals surface area contributed by atoms with Crippen LogP contribution in [-0.2, 0) is 16.0 Å². The molecule has 2 heterocycles. The second-order valence-corrected chi connectivity index (χ2v) is 7.98. The van der Waals surface area contributed by atoms with E-state index in [1.807, 2.05) is 12.1 Å². The molecule has 0 bridgehead atoms. The van der Waals surface area contributed by atoms with Crippen LogP contribution in [0.5, 0.6) is 0 Å². The smallest absolute Gasteiger partial charge is 0.229 e. The number of benzene rings is 2. The van der Waals surface area contributed by atoms with Crippen molar-refractivity contribution in [1.29, 1.82) is 0 Å². The summed E-state index contributed by atoms with van der Waals surface area (Å²) < 4.78 is 14.9. The standard InChI is InChI=1S/C22H16ClFN4O2S/c1-13(29)28(15-5-6-19-20(10-15)31-12-26-19)21-9-14(7-8-25-21)27-22(30)11-16-17(23)3-2-4-18(16)24/h2-10,12H,11H2,1H3,(H,25,27,30). The van der Waals surface area contributed by atoms with Gasteiger partial charge in [0.05, 0.1) is 27.8 Å². The van der Waals surface area contributed by atoms with Crippen LogP contribution in [0.3, 0.4) is 0 Å². The third-order valence-corrected chi connectivity index (χ3v) is 5.69. The molecule has 0 aliphatic carbocycles. The highest BCUT2D eigenvalue weighted by Gasteiger charge is 2.18. The summed E-state index contributed by atoms with van der Waals surface area (Å²) in [4.78, 5) is 34.8. The van der Waals surface area contributed by atoms with Gasteiger partial charge in [-0.25, -0.2) is 14.4 Å². The summed E-state index contributed by atoms with van der Waals surface area (Å²) in [6.45, 7) is 1.43. The lowest BCUT2D eigenvalue weighted by atomic mass is 10.1. The Kier molecular flexibility index (Phi) is 5.92. The molecule has 2 aromatic carbocycles. The Labute approximate surface area is 186 Å². The highest BCUT2D eigenvalue weighted by Crippen LogP contribution is 2.30. The van der Waals surface area contributed by atoms with Crippen molar-refractivity contribution in [2.45, 2.75) is 13.3 Å². The quantitative estimate of drug-likeness (QED) is 0.441. The summed E-state index contributed by atoms with van der Waals surface area (Å²) in [5.41, 5.74) is 3.77. The van der Waals surface area contributed by atoms with E-state index >= 15 is 0 Å². The average Bonchev–Trinajstić information content (AvgIpc) is 3.19. The van der Waals surface area contributed by atoms with Crippen molar-refractivity contribution in [3.05, 3.63) is 76.6 Å². The number of aromatic nitrogens is 2. The van der Waals surface area contributed by atoms with Gasteiger partial charge in [-0.2, -0.15) is 0 Å². The molecule has 2 amide bonds. The number of fused-ring (bicyclic) bond motifs is 1. The van der Waals surface area contributed by atoms with Crippen molar-refractivity contribution in [3.63, 3.8) is 0 Å². The van der Waals surface area contributed by atoms with Crippen LogP contribution in [0, 0.1) is 5.82 Å². The fourth-order valence-electron chi connectivity index (χ4n) is 3.14. The summed E-state index contributed by atoms with van der Waals surface area (Å²) in [6.07, 6.45) is 1.27. The molecule has 4 rings (SSSR count). The van der Waals surface area contributed by atoms with E-state index < -0.39 is 11.7 Å². The highest BCUT2D eigenvalue weighted by molar-refractivity contribution is 7.16. The van der Waals surface area contributed by atoms with Crippen molar-refractivity contribution in [3.8, 4) is 0 Å². The molecule has 0 spiro atoms. The molecule has 0 saturated heterocycles. The molecular weight excluding hydrogens is 439 g/mol. The molecule has 0 aliphatic rings. The molecule has 0 saturated carbocycles.